The minimum Gasteiger partial charge on any atom is -0.493 e. The van der Waals surface area contributed by atoms with E-state index in [2.05, 4.69) is 5.10 Å². The lowest BCUT2D eigenvalue weighted by Crippen LogP contribution is -2.10. The van der Waals surface area contributed by atoms with E-state index in [1.165, 1.54) is 12.1 Å². The zero-order valence-electron chi connectivity index (χ0n) is 16.3. The highest BCUT2D eigenvalue weighted by Crippen LogP contribution is 2.28. The van der Waals surface area contributed by atoms with Crippen LogP contribution < -0.4 is 14.8 Å². The molecule has 3 rings (SSSR count). The zero-order valence-corrected chi connectivity index (χ0v) is 17.9. The van der Waals surface area contributed by atoms with Gasteiger partial charge in [0.2, 0.25) is 0 Å². The molecule has 0 aliphatic heterocycles. The molecule has 8 heteroatoms. The molecular formula is C22H21ClN2O4S. The third-order valence-corrected chi connectivity index (χ3v) is 5.95. The third kappa shape index (κ3) is 5.75. The Kier molecular flexibility index (Phi) is 6.97. The van der Waals surface area contributed by atoms with E-state index in [9.17, 15) is 8.42 Å². The highest BCUT2D eigenvalue weighted by atomic mass is 35.5. The lowest BCUT2D eigenvalue weighted by atomic mass is 10.1. The van der Waals surface area contributed by atoms with E-state index in [-0.39, 0.29) is 15.7 Å². The van der Waals surface area contributed by atoms with Crippen LogP contribution in [-0.4, -0.2) is 21.2 Å². The minimum atomic E-state index is -4.06. The third-order valence-electron chi connectivity index (χ3n) is 4.20. The number of nitrogens with two attached hydrogens (primary N) is 1. The molecule has 0 bridgehead atoms. The minimum absolute atomic E-state index is 0.0845. The summed E-state index contributed by atoms with van der Waals surface area (Å²) in [6.45, 7) is 2.25. The van der Waals surface area contributed by atoms with Crippen molar-refractivity contribution >= 4 is 27.9 Å². The van der Waals surface area contributed by atoms with E-state index in [0.29, 0.717) is 18.8 Å². The first-order valence-corrected chi connectivity index (χ1v) is 10.9. The van der Waals surface area contributed by atoms with E-state index in [0.717, 1.165) is 16.7 Å². The van der Waals surface area contributed by atoms with Gasteiger partial charge in [-0.15, -0.1) is 0 Å². The lowest BCUT2D eigenvalue weighted by Gasteiger charge is -2.12. The fourth-order valence-electron chi connectivity index (χ4n) is 2.81. The molecule has 0 spiro atoms. The molecular weight excluding hydrogens is 424 g/mol. The van der Waals surface area contributed by atoms with Gasteiger partial charge in [-0.1, -0.05) is 48.0 Å². The molecule has 0 aromatic heterocycles. The predicted octanol–water partition coefficient (Wildman–Crippen LogP) is 4.33. The molecule has 2 N–H and O–H groups in total. The molecule has 3 aromatic rings. The Labute approximate surface area is 181 Å². The van der Waals surface area contributed by atoms with Crippen LogP contribution in [0, 0.1) is 6.92 Å². The summed E-state index contributed by atoms with van der Waals surface area (Å²) >= 11 is 5.99. The Bertz CT molecular complexity index is 1150. The first-order valence-electron chi connectivity index (χ1n) is 9.13. The highest BCUT2D eigenvalue weighted by Gasteiger charge is 2.20. The topological polar surface area (TPSA) is 91.0 Å². The molecule has 6 nitrogen and oxygen atoms in total. The summed E-state index contributed by atoms with van der Waals surface area (Å²) in [6, 6.07) is 18.9. The highest BCUT2D eigenvalue weighted by molar-refractivity contribution is 7.87. The Morgan fingerprint density at radius 1 is 1.03 bits per heavy atom. The van der Waals surface area contributed by atoms with Crippen LogP contribution >= 0.6 is 11.6 Å². The van der Waals surface area contributed by atoms with Crippen molar-refractivity contribution in [2.24, 2.45) is 10.9 Å². The lowest BCUT2D eigenvalue weighted by molar-refractivity contribution is 0.320. The van der Waals surface area contributed by atoms with Crippen LogP contribution in [0.5, 0.6) is 11.5 Å². The fourth-order valence-corrected chi connectivity index (χ4v) is 4.22. The van der Waals surface area contributed by atoms with Gasteiger partial charge in [0.25, 0.3) is 0 Å². The van der Waals surface area contributed by atoms with Gasteiger partial charge in [-0.25, -0.2) is 0 Å². The van der Waals surface area contributed by atoms with Crippen LogP contribution in [0.15, 0.2) is 76.7 Å². The summed E-state index contributed by atoms with van der Waals surface area (Å²) in [5.74, 6) is 5.82. The van der Waals surface area contributed by atoms with Crippen LogP contribution in [0.2, 0.25) is 5.02 Å². The Hall–Kier alpha value is -3.03. The van der Waals surface area contributed by atoms with E-state index in [4.69, 9.17) is 26.4 Å². The van der Waals surface area contributed by atoms with Crippen LogP contribution in [0.4, 0.5) is 0 Å². The summed E-state index contributed by atoms with van der Waals surface area (Å²) in [5, 5.41) is 3.59. The Balaban J connectivity index is 1.67. The molecule has 0 fully saturated rings. The summed E-state index contributed by atoms with van der Waals surface area (Å²) in [5.41, 5.74) is 2.82. The number of nitrogens with zero attached hydrogens (tertiary/aromatic N) is 1. The van der Waals surface area contributed by atoms with Crippen molar-refractivity contribution in [3.05, 3.63) is 88.4 Å². The first kappa shape index (κ1) is 21.7. The molecule has 0 heterocycles. The molecule has 30 heavy (non-hydrogen) atoms. The number of rotatable bonds is 8. The molecule has 3 aromatic carbocycles. The van der Waals surface area contributed by atoms with Crippen LogP contribution in [0.3, 0.4) is 0 Å². The molecule has 0 unspecified atom stereocenters. The maximum Gasteiger partial charge on any atom is 0.340 e. The standard InChI is InChI=1S/C22H21ClN2O4S/c1-16-12-19(28-11-10-17-6-8-18(9-7-17)15-25-24)14-20(13-16)29-30(26,27)22-5-3-2-4-21(22)23/h2-9,12-15H,10-11,24H2,1H3. The molecule has 0 saturated heterocycles. The van der Waals surface area contributed by atoms with Gasteiger partial charge >= 0.3 is 10.1 Å². The molecule has 0 aliphatic carbocycles. The number of ether oxygens (including phenoxy) is 1. The number of hydrazone groups is 1. The van der Waals surface area contributed by atoms with Gasteiger partial charge in [0.1, 0.15) is 16.4 Å². The number of benzene rings is 3. The van der Waals surface area contributed by atoms with Gasteiger partial charge in [0.15, 0.2) is 0 Å². The number of hydrogen-bond donors (Lipinski definition) is 1. The molecule has 0 radical (unpaired) electrons. The Morgan fingerprint density at radius 3 is 2.43 bits per heavy atom. The van der Waals surface area contributed by atoms with Gasteiger partial charge in [0, 0.05) is 12.5 Å². The fraction of sp³-hybridized carbons (Fsp3) is 0.136. The first-order chi connectivity index (χ1) is 14.4. The van der Waals surface area contributed by atoms with Gasteiger partial charge in [-0.3, -0.25) is 0 Å². The van der Waals surface area contributed by atoms with Crippen molar-refractivity contribution in [3.8, 4) is 11.5 Å². The zero-order chi connectivity index (χ0) is 21.6. The van der Waals surface area contributed by atoms with Gasteiger partial charge in [0.05, 0.1) is 17.8 Å². The average Bonchev–Trinajstić information content (AvgIpc) is 2.69. The van der Waals surface area contributed by atoms with Crippen molar-refractivity contribution in [1.82, 2.24) is 0 Å². The summed E-state index contributed by atoms with van der Waals surface area (Å²) in [7, 11) is -4.06. The van der Waals surface area contributed by atoms with Crippen LogP contribution in [0.25, 0.3) is 0 Å². The van der Waals surface area contributed by atoms with Crippen molar-refractivity contribution in [2.45, 2.75) is 18.2 Å². The predicted molar refractivity (Wildman–Crippen MR) is 118 cm³/mol. The Morgan fingerprint density at radius 2 is 1.73 bits per heavy atom. The number of halogens is 1. The SMILES string of the molecule is Cc1cc(OCCc2ccc(C=NN)cc2)cc(OS(=O)(=O)c2ccccc2Cl)c1. The number of aryl methyl sites for hydroxylation is 1. The second-order valence-electron chi connectivity index (χ2n) is 6.57. The molecule has 156 valence electrons. The smallest absolute Gasteiger partial charge is 0.340 e. The number of hydrogen-bond acceptors (Lipinski definition) is 6. The molecule has 0 amide bonds. The monoisotopic (exact) mass is 444 g/mol. The van der Waals surface area contributed by atoms with Gasteiger partial charge in [-0.2, -0.15) is 13.5 Å². The maximum atomic E-state index is 12.6. The van der Waals surface area contributed by atoms with Crippen molar-refractivity contribution in [3.63, 3.8) is 0 Å². The largest absolute Gasteiger partial charge is 0.493 e. The van der Waals surface area contributed by atoms with Crippen molar-refractivity contribution in [2.75, 3.05) is 6.61 Å². The average molecular weight is 445 g/mol. The van der Waals surface area contributed by atoms with E-state index in [1.807, 2.05) is 37.3 Å². The molecule has 0 atom stereocenters. The van der Waals surface area contributed by atoms with Crippen molar-refractivity contribution < 1.29 is 17.3 Å². The molecule has 0 aliphatic rings. The normalized spacial score (nSPS) is 11.5. The summed E-state index contributed by atoms with van der Waals surface area (Å²) in [6.07, 6.45) is 2.26. The summed E-state index contributed by atoms with van der Waals surface area (Å²) in [4.78, 5) is -0.0845. The van der Waals surface area contributed by atoms with Gasteiger partial charge < -0.3 is 14.8 Å². The van der Waals surface area contributed by atoms with Gasteiger partial charge in [-0.05, 0) is 47.9 Å². The summed E-state index contributed by atoms with van der Waals surface area (Å²) < 4.78 is 36.2. The molecule has 0 saturated carbocycles. The quantitative estimate of drug-likeness (QED) is 0.241. The van der Waals surface area contributed by atoms with Crippen molar-refractivity contribution in [1.29, 1.82) is 0 Å². The maximum absolute atomic E-state index is 12.6. The van der Waals surface area contributed by atoms with Crippen LogP contribution in [0.1, 0.15) is 16.7 Å². The second kappa shape index (κ2) is 9.65. The second-order valence-corrected chi connectivity index (χ2v) is 8.49. The van der Waals surface area contributed by atoms with E-state index >= 15 is 0 Å². The van der Waals surface area contributed by atoms with Crippen LogP contribution in [-0.2, 0) is 16.5 Å². The van der Waals surface area contributed by atoms with E-state index in [1.54, 1.807) is 30.5 Å². The van der Waals surface area contributed by atoms with E-state index < -0.39 is 10.1 Å².